The van der Waals surface area contributed by atoms with Gasteiger partial charge in [-0.05, 0) is 55.9 Å². The fourth-order valence-corrected chi connectivity index (χ4v) is 3.69. The topological polar surface area (TPSA) is 119 Å². The van der Waals surface area contributed by atoms with Gasteiger partial charge in [0.15, 0.2) is 0 Å². The van der Waals surface area contributed by atoms with Crippen molar-refractivity contribution in [3.8, 4) is 0 Å². The highest BCUT2D eigenvalue weighted by atomic mass is 16.1. The van der Waals surface area contributed by atoms with Crippen LogP contribution >= 0.6 is 0 Å². The molecule has 3 atom stereocenters. The SMILES string of the molecule is Cc1cc(C)cc(Nc2nc(N[C@@H]3CCC[C@H](C)[C@@H]3N)ncc2C(N)=O)c1. The molecule has 1 aliphatic carbocycles. The van der Waals surface area contributed by atoms with Gasteiger partial charge in [-0.2, -0.15) is 4.98 Å². The number of aromatic nitrogens is 2. The molecule has 0 radical (unpaired) electrons. The molecule has 2 aromatic rings. The van der Waals surface area contributed by atoms with Gasteiger partial charge in [-0.3, -0.25) is 4.79 Å². The molecule has 27 heavy (non-hydrogen) atoms. The lowest BCUT2D eigenvalue weighted by molar-refractivity contribution is 0.100. The van der Waals surface area contributed by atoms with Crippen LogP contribution in [0.4, 0.5) is 17.5 Å². The van der Waals surface area contributed by atoms with Crippen molar-refractivity contribution in [2.45, 2.75) is 52.1 Å². The van der Waals surface area contributed by atoms with Crippen LogP contribution in [0.15, 0.2) is 24.4 Å². The maximum Gasteiger partial charge on any atom is 0.254 e. The molecule has 0 saturated heterocycles. The molecule has 0 aliphatic heterocycles. The Balaban J connectivity index is 1.87. The van der Waals surface area contributed by atoms with Gasteiger partial charge in [0.25, 0.3) is 5.91 Å². The zero-order valence-electron chi connectivity index (χ0n) is 16.1. The van der Waals surface area contributed by atoms with Crippen molar-refractivity contribution in [2.75, 3.05) is 10.6 Å². The molecule has 1 heterocycles. The van der Waals surface area contributed by atoms with Gasteiger partial charge in [0.2, 0.25) is 5.95 Å². The van der Waals surface area contributed by atoms with E-state index in [0.29, 0.717) is 17.7 Å². The van der Waals surface area contributed by atoms with Crippen LogP contribution in [-0.4, -0.2) is 28.0 Å². The standard InChI is InChI=1S/C20H28N6O/c1-11-7-12(2)9-14(8-11)24-19-15(18(22)27)10-23-20(26-19)25-16-6-4-5-13(3)17(16)21/h7-10,13,16-17H,4-6,21H2,1-3H3,(H2,22,27)(H2,23,24,25,26)/t13-,16+,17-/m0/s1. The van der Waals surface area contributed by atoms with Crippen LogP contribution in [0.3, 0.4) is 0 Å². The Kier molecular flexibility index (Phi) is 5.60. The van der Waals surface area contributed by atoms with E-state index in [2.05, 4.69) is 33.6 Å². The van der Waals surface area contributed by atoms with Gasteiger partial charge < -0.3 is 22.1 Å². The molecule has 0 spiro atoms. The van der Waals surface area contributed by atoms with E-state index in [1.165, 1.54) is 6.20 Å². The Morgan fingerprint density at radius 3 is 2.56 bits per heavy atom. The number of nitrogens with one attached hydrogen (secondary N) is 2. The molecule has 6 N–H and O–H groups in total. The van der Waals surface area contributed by atoms with Crippen LogP contribution in [0.2, 0.25) is 0 Å². The molecule has 1 aromatic carbocycles. The number of nitrogens with two attached hydrogens (primary N) is 2. The van der Waals surface area contributed by atoms with Crippen molar-refractivity contribution in [3.05, 3.63) is 41.1 Å². The summed E-state index contributed by atoms with van der Waals surface area (Å²) in [6.07, 6.45) is 4.70. The quantitative estimate of drug-likeness (QED) is 0.644. The summed E-state index contributed by atoms with van der Waals surface area (Å²) in [5.74, 6) is 0.717. The van der Waals surface area contributed by atoms with Crippen molar-refractivity contribution < 1.29 is 4.79 Å². The largest absolute Gasteiger partial charge is 0.365 e. The maximum absolute atomic E-state index is 11.8. The molecule has 144 valence electrons. The van der Waals surface area contributed by atoms with E-state index in [1.807, 2.05) is 26.0 Å². The number of nitrogens with zero attached hydrogens (tertiary/aromatic N) is 2. The van der Waals surface area contributed by atoms with Gasteiger partial charge in [-0.15, -0.1) is 0 Å². The van der Waals surface area contributed by atoms with E-state index in [4.69, 9.17) is 11.5 Å². The van der Waals surface area contributed by atoms with E-state index in [0.717, 1.165) is 36.1 Å². The third-order valence-electron chi connectivity index (χ3n) is 5.15. The summed E-state index contributed by atoms with van der Waals surface area (Å²) >= 11 is 0. The Labute approximate surface area is 160 Å². The Morgan fingerprint density at radius 1 is 1.19 bits per heavy atom. The van der Waals surface area contributed by atoms with E-state index in [1.54, 1.807) is 0 Å². The first kappa shape index (κ1) is 19.1. The van der Waals surface area contributed by atoms with E-state index in [9.17, 15) is 4.79 Å². The molecule has 1 aliphatic rings. The van der Waals surface area contributed by atoms with Gasteiger partial charge in [-0.1, -0.05) is 19.4 Å². The number of hydrogen-bond acceptors (Lipinski definition) is 6. The first-order chi connectivity index (χ1) is 12.8. The molecule has 1 aromatic heterocycles. The number of carbonyl (C=O) groups excluding carboxylic acids is 1. The van der Waals surface area contributed by atoms with Gasteiger partial charge in [-0.25, -0.2) is 4.98 Å². The minimum Gasteiger partial charge on any atom is -0.365 e. The minimum atomic E-state index is -0.573. The lowest BCUT2D eigenvalue weighted by Gasteiger charge is -2.34. The van der Waals surface area contributed by atoms with Crippen LogP contribution in [0, 0.1) is 19.8 Å². The van der Waals surface area contributed by atoms with Crippen molar-refractivity contribution in [1.82, 2.24) is 9.97 Å². The third kappa shape index (κ3) is 4.54. The third-order valence-corrected chi connectivity index (χ3v) is 5.15. The lowest BCUT2D eigenvalue weighted by Crippen LogP contribution is -2.47. The normalized spacial score (nSPS) is 22.3. The van der Waals surface area contributed by atoms with Crippen molar-refractivity contribution in [3.63, 3.8) is 0 Å². The van der Waals surface area contributed by atoms with Gasteiger partial charge >= 0.3 is 0 Å². The molecular weight excluding hydrogens is 340 g/mol. The van der Waals surface area contributed by atoms with Gasteiger partial charge in [0.1, 0.15) is 11.4 Å². The number of benzene rings is 1. The summed E-state index contributed by atoms with van der Waals surface area (Å²) in [5.41, 5.74) is 15.2. The molecule has 7 nitrogen and oxygen atoms in total. The van der Waals surface area contributed by atoms with E-state index in [-0.39, 0.29) is 17.6 Å². The maximum atomic E-state index is 11.8. The minimum absolute atomic E-state index is 0.0500. The van der Waals surface area contributed by atoms with E-state index >= 15 is 0 Å². The van der Waals surface area contributed by atoms with Crippen LogP contribution in [0.5, 0.6) is 0 Å². The molecule has 7 heteroatoms. The fraction of sp³-hybridized carbons (Fsp3) is 0.450. The summed E-state index contributed by atoms with van der Waals surface area (Å²) in [6, 6.07) is 6.23. The van der Waals surface area contributed by atoms with Gasteiger partial charge in [0.05, 0.1) is 0 Å². The number of aryl methyl sites for hydroxylation is 2. The number of carbonyl (C=O) groups is 1. The Bertz CT molecular complexity index is 817. The zero-order chi connectivity index (χ0) is 19.6. The van der Waals surface area contributed by atoms with Crippen molar-refractivity contribution in [2.24, 2.45) is 17.4 Å². The molecular formula is C20H28N6O. The van der Waals surface area contributed by atoms with Gasteiger partial charge in [0, 0.05) is 24.0 Å². The average Bonchev–Trinajstić information content (AvgIpc) is 2.58. The second-order valence-electron chi connectivity index (χ2n) is 7.56. The Morgan fingerprint density at radius 2 is 1.89 bits per heavy atom. The zero-order valence-corrected chi connectivity index (χ0v) is 16.1. The lowest BCUT2D eigenvalue weighted by atomic mass is 9.83. The van der Waals surface area contributed by atoms with Crippen molar-refractivity contribution in [1.29, 1.82) is 0 Å². The highest BCUT2D eigenvalue weighted by Gasteiger charge is 2.28. The fourth-order valence-electron chi connectivity index (χ4n) is 3.69. The molecule has 1 amide bonds. The summed E-state index contributed by atoms with van der Waals surface area (Å²) in [4.78, 5) is 20.6. The molecule has 3 rings (SSSR count). The monoisotopic (exact) mass is 368 g/mol. The van der Waals surface area contributed by atoms with Crippen molar-refractivity contribution >= 4 is 23.4 Å². The summed E-state index contributed by atoms with van der Waals surface area (Å²) < 4.78 is 0. The van der Waals surface area contributed by atoms with Crippen LogP contribution < -0.4 is 22.1 Å². The Hall–Kier alpha value is -2.67. The predicted molar refractivity (Wildman–Crippen MR) is 108 cm³/mol. The number of hydrogen-bond donors (Lipinski definition) is 4. The van der Waals surface area contributed by atoms with Crippen LogP contribution in [-0.2, 0) is 0 Å². The summed E-state index contributed by atoms with van der Waals surface area (Å²) in [5, 5.41) is 6.55. The second-order valence-corrected chi connectivity index (χ2v) is 7.56. The molecule has 0 unspecified atom stereocenters. The van der Waals surface area contributed by atoms with Crippen LogP contribution in [0.25, 0.3) is 0 Å². The second kappa shape index (κ2) is 7.92. The highest BCUT2D eigenvalue weighted by Crippen LogP contribution is 2.26. The summed E-state index contributed by atoms with van der Waals surface area (Å²) in [6.45, 7) is 6.21. The highest BCUT2D eigenvalue weighted by molar-refractivity contribution is 5.98. The number of primary amides is 1. The number of amides is 1. The van der Waals surface area contributed by atoms with Crippen LogP contribution in [0.1, 0.15) is 47.7 Å². The summed E-state index contributed by atoms with van der Waals surface area (Å²) in [7, 11) is 0. The van der Waals surface area contributed by atoms with E-state index < -0.39 is 5.91 Å². The first-order valence-electron chi connectivity index (χ1n) is 9.38. The molecule has 0 bridgehead atoms. The molecule has 1 fully saturated rings. The first-order valence-corrected chi connectivity index (χ1v) is 9.38. The molecule has 1 saturated carbocycles. The smallest absolute Gasteiger partial charge is 0.254 e. The number of anilines is 3. The number of rotatable bonds is 5. The predicted octanol–water partition coefficient (Wildman–Crippen LogP) is 2.86. The average molecular weight is 368 g/mol.